The van der Waals surface area contributed by atoms with E-state index in [-0.39, 0.29) is 16.4 Å². The first-order chi connectivity index (χ1) is 12.8. The third-order valence-electron chi connectivity index (χ3n) is 4.60. The van der Waals surface area contributed by atoms with Gasteiger partial charge in [0.05, 0.1) is 0 Å². The summed E-state index contributed by atoms with van der Waals surface area (Å²) in [5.41, 5.74) is 1.57. The number of esters is 1. The number of carbonyl (C=O) groups is 2. The Bertz CT molecular complexity index is 954. The molecule has 1 fully saturated rings. The van der Waals surface area contributed by atoms with Crippen LogP contribution in [0.2, 0.25) is 0 Å². The molecule has 1 aliphatic heterocycles. The van der Waals surface area contributed by atoms with Crippen molar-refractivity contribution < 1.29 is 22.7 Å². The van der Waals surface area contributed by atoms with Crippen molar-refractivity contribution in [1.29, 1.82) is 0 Å². The first-order valence-electron chi connectivity index (χ1n) is 8.72. The molecule has 7 nitrogen and oxygen atoms in total. The molecule has 0 bridgehead atoms. The molecule has 1 aliphatic rings. The number of hydrogen-bond donors (Lipinski definition) is 0. The number of benzene rings is 1. The fourth-order valence-corrected chi connectivity index (χ4v) is 4.57. The van der Waals surface area contributed by atoms with Gasteiger partial charge in [0, 0.05) is 31.9 Å². The molecule has 0 N–H and O–H groups in total. The highest BCUT2D eigenvalue weighted by atomic mass is 32.2. The molecule has 27 heavy (non-hydrogen) atoms. The predicted octanol–water partition coefficient (Wildman–Crippen LogP) is 2.16. The van der Waals surface area contributed by atoms with Crippen molar-refractivity contribution in [3.8, 4) is 0 Å². The number of ketones is 1. The summed E-state index contributed by atoms with van der Waals surface area (Å²) >= 11 is 0. The van der Waals surface area contributed by atoms with E-state index in [4.69, 9.17) is 4.74 Å². The van der Waals surface area contributed by atoms with Gasteiger partial charge >= 0.3 is 5.97 Å². The van der Waals surface area contributed by atoms with Crippen molar-refractivity contribution in [2.75, 3.05) is 19.7 Å². The maximum atomic E-state index is 12.6. The summed E-state index contributed by atoms with van der Waals surface area (Å²) in [7, 11) is -2.04. The van der Waals surface area contributed by atoms with E-state index in [0.717, 1.165) is 18.4 Å². The van der Waals surface area contributed by atoms with Crippen molar-refractivity contribution in [3.05, 3.63) is 53.3 Å². The van der Waals surface area contributed by atoms with Crippen LogP contribution in [0.3, 0.4) is 0 Å². The van der Waals surface area contributed by atoms with Crippen molar-refractivity contribution in [3.63, 3.8) is 0 Å². The van der Waals surface area contributed by atoms with Crippen LogP contribution in [0.4, 0.5) is 0 Å². The zero-order valence-electron chi connectivity index (χ0n) is 15.3. The normalized spacial score (nSPS) is 15.0. The van der Waals surface area contributed by atoms with Crippen LogP contribution in [-0.4, -0.2) is 48.7 Å². The lowest BCUT2D eigenvalue weighted by Crippen LogP contribution is -2.27. The average molecular weight is 390 g/mol. The molecule has 144 valence electrons. The number of hydrogen-bond acceptors (Lipinski definition) is 5. The number of Topliss-reactive ketones (excluding diaryl/α,β-unsaturated/α-hetero) is 1. The molecule has 8 heteroatoms. The minimum Gasteiger partial charge on any atom is -0.453 e. The molecule has 0 unspecified atom stereocenters. The lowest BCUT2D eigenvalue weighted by atomic mass is 10.1. The van der Waals surface area contributed by atoms with Gasteiger partial charge < -0.3 is 9.30 Å². The number of aryl methyl sites for hydroxylation is 2. The molecule has 0 saturated carbocycles. The standard InChI is InChI=1S/C19H22N2O5S/c1-14-5-7-15(8-6-14)18(22)13-26-19(23)17-11-16(12-20(17)2)27(24,25)21-9-3-4-10-21/h5-8,11-12H,3-4,9-10,13H2,1-2H3. The molecule has 3 rings (SSSR count). The molecule has 0 amide bonds. The van der Waals surface area contributed by atoms with Crippen LogP contribution < -0.4 is 0 Å². The summed E-state index contributed by atoms with van der Waals surface area (Å²) < 4.78 is 33.1. The van der Waals surface area contributed by atoms with E-state index < -0.39 is 22.6 Å². The smallest absolute Gasteiger partial charge is 0.355 e. The Hall–Kier alpha value is -2.45. The van der Waals surface area contributed by atoms with Crippen LogP contribution in [0.5, 0.6) is 0 Å². The van der Waals surface area contributed by atoms with Crippen LogP contribution in [0.15, 0.2) is 41.4 Å². The summed E-state index contributed by atoms with van der Waals surface area (Å²) in [5, 5.41) is 0. The first-order valence-corrected chi connectivity index (χ1v) is 10.2. The summed E-state index contributed by atoms with van der Waals surface area (Å²) in [4.78, 5) is 24.5. The lowest BCUT2D eigenvalue weighted by Gasteiger charge is -2.13. The Balaban J connectivity index is 1.69. The summed E-state index contributed by atoms with van der Waals surface area (Å²) in [6.07, 6.45) is 3.07. The maximum Gasteiger partial charge on any atom is 0.355 e. The minimum atomic E-state index is -3.61. The van der Waals surface area contributed by atoms with E-state index in [1.165, 1.54) is 21.1 Å². The Morgan fingerprint density at radius 3 is 2.37 bits per heavy atom. The van der Waals surface area contributed by atoms with Gasteiger partial charge in [-0.3, -0.25) is 4.79 Å². The Morgan fingerprint density at radius 2 is 1.74 bits per heavy atom. The molecule has 2 aromatic rings. The molecule has 1 aromatic carbocycles. The van der Waals surface area contributed by atoms with Gasteiger partial charge in [0.25, 0.3) is 0 Å². The van der Waals surface area contributed by atoms with Crippen LogP contribution in [0.25, 0.3) is 0 Å². The van der Waals surface area contributed by atoms with Gasteiger partial charge in [0.15, 0.2) is 12.4 Å². The summed E-state index contributed by atoms with van der Waals surface area (Å²) in [6, 6.07) is 8.26. The van der Waals surface area contributed by atoms with Crippen LogP contribution in [-0.2, 0) is 21.8 Å². The van der Waals surface area contributed by atoms with E-state index in [0.29, 0.717) is 18.7 Å². The van der Waals surface area contributed by atoms with Crippen LogP contribution in [0, 0.1) is 6.92 Å². The van der Waals surface area contributed by atoms with Crippen LogP contribution in [0.1, 0.15) is 39.3 Å². The van der Waals surface area contributed by atoms with Crippen molar-refractivity contribution in [2.45, 2.75) is 24.7 Å². The Morgan fingerprint density at radius 1 is 1.11 bits per heavy atom. The third-order valence-corrected chi connectivity index (χ3v) is 6.46. The number of aromatic nitrogens is 1. The fraction of sp³-hybridized carbons (Fsp3) is 0.368. The first kappa shape index (κ1) is 19.3. The van der Waals surface area contributed by atoms with E-state index in [1.807, 2.05) is 19.1 Å². The van der Waals surface area contributed by atoms with Crippen LogP contribution >= 0.6 is 0 Å². The lowest BCUT2D eigenvalue weighted by molar-refractivity contribution is 0.0465. The van der Waals surface area contributed by atoms with Crippen molar-refractivity contribution in [2.24, 2.45) is 7.05 Å². The molecule has 0 spiro atoms. The van der Waals surface area contributed by atoms with Crippen molar-refractivity contribution in [1.82, 2.24) is 8.87 Å². The van der Waals surface area contributed by atoms with Gasteiger partial charge in [-0.1, -0.05) is 29.8 Å². The zero-order valence-corrected chi connectivity index (χ0v) is 16.2. The summed E-state index contributed by atoms with van der Waals surface area (Å²) in [5.74, 6) is -1.05. The zero-order chi connectivity index (χ0) is 19.6. The number of sulfonamides is 1. The fourth-order valence-electron chi connectivity index (χ4n) is 2.98. The van der Waals surface area contributed by atoms with Gasteiger partial charge in [0.1, 0.15) is 10.6 Å². The molecule has 0 aliphatic carbocycles. The number of carbonyl (C=O) groups excluding carboxylic acids is 2. The maximum absolute atomic E-state index is 12.6. The molecule has 0 radical (unpaired) electrons. The second kappa shape index (κ2) is 7.66. The van der Waals surface area contributed by atoms with Gasteiger partial charge in [0.2, 0.25) is 10.0 Å². The highest BCUT2D eigenvalue weighted by molar-refractivity contribution is 7.89. The highest BCUT2D eigenvalue weighted by Crippen LogP contribution is 2.22. The van der Waals surface area contributed by atoms with Gasteiger partial charge in [-0.05, 0) is 25.8 Å². The Labute approximate surface area is 158 Å². The van der Waals surface area contributed by atoms with E-state index in [9.17, 15) is 18.0 Å². The number of nitrogens with zero attached hydrogens (tertiary/aromatic N) is 2. The molecule has 1 saturated heterocycles. The van der Waals surface area contributed by atoms with Gasteiger partial charge in [-0.2, -0.15) is 4.31 Å². The second-order valence-corrected chi connectivity index (χ2v) is 8.59. The molecular formula is C19H22N2O5S. The number of ether oxygens (including phenoxy) is 1. The van der Waals surface area contributed by atoms with E-state index in [2.05, 4.69) is 0 Å². The van der Waals surface area contributed by atoms with E-state index in [1.54, 1.807) is 19.2 Å². The third kappa shape index (κ3) is 4.12. The minimum absolute atomic E-state index is 0.0590. The van der Waals surface area contributed by atoms with Gasteiger partial charge in [-0.25, -0.2) is 13.2 Å². The molecule has 1 aromatic heterocycles. The summed E-state index contributed by atoms with van der Waals surface area (Å²) in [6.45, 7) is 2.49. The molecular weight excluding hydrogens is 368 g/mol. The Kier molecular flexibility index (Phi) is 5.48. The average Bonchev–Trinajstić information content (AvgIpc) is 3.30. The monoisotopic (exact) mass is 390 g/mol. The van der Waals surface area contributed by atoms with Gasteiger partial charge in [-0.15, -0.1) is 0 Å². The SMILES string of the molecule is Cc1ccc(C(=O)COC(=O)c2cc(S(=O)(=O)N3CCCC3)cn2C)cc1. The topological polar surface area (TPSA) is 85.7 Å². The molecule has 0 atom stereocenters. The second-order valence-electron chi connectivity index (χ2n) is 6.65. The number of rotatable bonds is 6. The quantitative estimate of drug-likeness (QED) is 0.557. The van der Waals surface area contributed by atoms with Crippen molar-refractivity contribution >= 4 is 21.8 Å². The largest absolute Gasteiger partial charge is 0.453 e. The highest BCUT2D eigenvalue weighted by Gasteiger charge is 2.29. The van der Waals surface area contributed by atoms with E-state index >= 15 is 0 Å². The predicted molar refractivity (Wildman–Crippen MR) is 99.2 cm³/mol. The molecule has 2 heterocycles.